The summed E-state index contributed by atoms with van der Waals surface area (Å²) in [6.07, 6.45) is 1.84. The van der Waals surface area contributed by atoms with E-state index in [0.717, 1.165) is 10.8 Å². The van der Waals surface area contributed by atoms with Crippen molar-refractivity contribution in [1.29, 1.82) is 0 Å². The second kappa shape index (κ2) is 14.2. The summed E-state index contributed by atoms with van der Waals surface area (Å²) in [6, 6.07) is 7.74. The number of hydrogen-bond donors (Lipinski definition) is 2. The van der Waals surface area contributed by atoms with E-state index in [2.05, 4.69) is 22.6 Å². The topological polar surface area (TPSA) is 150 Å². The molecule has 2 aliphatic rings. The van der Waals surface area contributed by atoms with Gasteiger partial charge in [0.1, 0.15) is 0 Å². The van der Waals surface area contributed by atoms with Crippen molar-refractivity contribution in [2.45, 2.75) is 31.1 Å². The van der Waals surface area contributed by atoms with Gasteiger partial charge < -0.3 is 4.90 Å². The van der Waals surface area contributed by atoms with Crippen LogP contribution in [0.15, 0.2) is 59.2 Å². The fourth-order valence-electron chi connectivity index (χ4n) is 5.45. The Kier molecular flexibility index (Phi) is 11.2. The molecule has 2 aromatic rings. The van der Waals surface area contributed by atoms with Crippen molar-refractivity contribution >= 4 is 59.2 Å². The number of amides is 1. The average molecular weight is 720 g/mol. The van der Waals surface area contributed by atoms with Gasteiger partial charge in [0.15, 0.2) is 0 Å². The van der Waals surface area contributed by atoms with Crippen LogP contribution in [0.4, 0.5) is 0 Å². The van der Waals surface area contributed by atoms with Crippen LogP contribution < -0.4 is 9.44 Å². The molecule has 0 saturated carbocycles. The van der Waals surface area contributed by atoms with E-state index in [1.807, 2.05) is 0 Å². The van der Waals surface area contributed by atoms with Gasteiger partial charge in [0.05, 0.1) is 4.90 Å². The normalized spacial score (nSPS) is 19.8. The van der Waals surface area contributed by atoms with E-state index in [9.17, 15) is 30.0 Å². The highest BCUT2D eigenvalue weighted by Gasteiger charge is 2.32. The highest BCUT2D eigenvalue weighted by molar-refractivity contribution is 7.92. The lowest BCUT2D eigenvalue weighted by Gasteiger charge is -2.32. The number of carbonyl (C=O) groups excluding carboxylic acids is 1. The number of carbonyl (C=O) groups is 1. The zero-order valence-electron chi connectivity index (χ0n) is 24.7. The second-order valence-corrected chi connectivity index (χ2v) is 17.4. The zero-order chi connectivity index (χ0) is 33.2. The van der Waals surface area contributed by atoms with E-state index in [0.29, 0.717) is 59.6 Å². The number of likely N-dealkylation sites (tertiary alicyclic amines) is 1. The zero-order valence-corrected chi connectivity index (χ0v) is 28.7. The summed E-state index contributed by atoms with van der Waals surface area (Å²) in [5, 5.41) is 2.14. The molecule has 2 fully saturated rings. The van der Waals surface area contributed by atoms with E-state index >= 15 is 0 Å². The summed E-state index contributed by atoms with van der Waals surface area (Å²) < 4.78 is 80.7. The molecule has 0 unspecified atom stereocenters. The Morgan fingerprint density at radius 3 is 2.09 bits per heavy atom. The van der Waals surface area contributed by atoms with Crippen LogP contribution in [0.1, 0.15) is 35.2 Å². The lowest BCUT2D eigenvalue weighted by molar-refractivity contribution is 0.0786. The van der Waals surface area contributed by atoms with Gasteiger partial charge in [-0.1, -0.05) is 36.4 Å². The van der Waals surface area contributed by atoms with Gasteiger partial charge in [-0.15, -0.1) is 0 Å². The molecule has 1 amide bonds. The maximum absolute atomic E-state index is 13.7. The average Bonchev–Trinajstić information content (AvgIpc) is 3.49. The van der Waals surface area contributed by atoms with Crippen molar-refractivity contribution in [2.24, 2.45) is 11.8 Å². The van der Waals surface area contributed by atoms with Crippen molar-refractivity contribution in [1.82, 2.24) is 18.6 Å². The van der Waals surface area contributed by atoms with Gasteiger partial charge in [-0.25, -0.2) is 34.7 Å². The van der Waals surface area contributed by atoms with Gasteiger partial charge in [-0.05, 0) is 85.0 Å². The molecule has 0 radical (unpaired) electrons. The predicted octanol–water partition coefficient (Wildman–Crippen LogP) is 3.96. The van der Waals surface area contributed by atoms with E-state index in [-0.39, 0.29) is 53.8 Å². The molecule has 2 atom stereocenters. The molecule has 2 N–H and O–H groups in total. The smallest absolute Gasteiger partial charge is 0.254 e. The van der Waals surface area contributed by atoms with Crippen LogP contribution in [0.2, 0.25) is 10.0 Å². The number of nitrogens with zero attached hydrogens (tertiary/aromatic N) is 2. The third-order valence-corrected chi connectivity index (χ3v) is 12.5. The van der Waals surface area contributed by atoms with Gasteiger partial charge in [0.25, 0.3) is 5.91 Å². The van der Waals surface area contributed by atoms with Gasteiger partial charge in [-0.3, -0.25) is 4.79 Å². The van der Waals surface area contributed by atoms with E-state index < -0.39 is 30.1 Å². The molecule has 0 aliphatic carbocycles. The molecule has 0 aromatic heterocycles. The van der Waals surface area contributed by atoms with Crippen LogP contribution in [0.25, 0.3) is 11.1 Å². The second-order valence-electron chi connectivity index (χ2n) is 11.2. The summed E-state index contributed by atoms with van der Waals surface area (Å²) >= 11 is 13.0. The third kappa shape index (κ3) is 8.74. The fraction of sp³-hybridized carbons (Fsp3) is 0.414. The molecule has 0 spiro atoms. The molecule has 4 rings (SSSR count). The van der Waals surface area contributed by atoms with Crippen molar-refractivity contribution in [3.63, 3.8) is 0 Å². The van der Waals surface area contributed by atoms with Gasteiger partial charge in [0.2, 0.25) is 30.1 Å². The summed E-state index contributed by atoms with van der Waals surface area (Å²) in [4.78, 5) is 15.2. The minimum Gasteiger partial charge on any atom is -0.338 e. The van der Waals surface area contributed by atoms with Crippen LogP contribution in [-0.4, -0.2) is 79.6 Å². The van der Waals surface area contributed by atoms with Gasteiger partial charge in [-0.2, -0.15) is 4.31 Å². The molecule has 0 bridgehead atoms. The maximum atomic E-state index is 13.7. The largest absolute Gasteiger partial charge is 0.338 e. The highest BCUT2D eigenvalue weighted by atomic mass is 35.5. The molecule has 2 heterocycles. The third-order valence-electron chi connectivity index (χ3n) is 8.06. The number of piperidine rings is 1. The lowest BCUT2D eigenvalue weighted by atomic mass is 9.98. The number of benzene rings is 2. The molecule has 11 nitrogen and oxygen atoms in total. The summed E-state index contributed by atoms with van der Waals surface area (Å²) in [7, 11) is -11.2. The molecule has 2 aliphatic heterocycles. The van der Waals surface area contributed by atoms with Gasteiger partial charge >= 0.3 is 0 Å². The van der Waals surface area contributed by atoms with E-state index in [1.165, 1.54) is 16.4 Å². The van der Waals surface area contributed by atoms with Crippen LogP contribution in [0.5, 0.6) is 0 Å². The first-order chi connectivity index (χ1) is 21.0. The Labute approximate surface area is 275 Å². The first-order valence-corrected chi connectivity index (χ1v) is 19.5. The van der Waals surface area contributed by atoms with Crippen molar-refractivity contribution in [3.8, 4) is 11.1 Å². The van der Waals surface area contributed by atoms with Crippen LogP contribution in [-0.2, 0) is 30.1 Å². The predicted molar refractivity (Wildman–Crippen MR) is 176 cm³/mol. The molecule has 45 heavy (non-hydrogen) atoms. The van der Waals surface area contributed by atoms with Gasteiger partial charge in [0, 0.05) is 65.7 Å². The molecule has 16 heteroatoms. The maximum Gasteiger partial charge on any atom is 0.254 e. The quantitative estimate of drug-likeness (QED) is 0.337. The first-order valence-electron chi connectivity index (χ1n) is 14.2. The minimum absolute atomic E-state index is 0.0359. The molecule has 246 valence electrons. The summed E-state index contributed by atoms with van der Waals surface area (Å²) in [5.74, 6) is -0.565. The number of hydrogen-bond acceptors (Lipinski definition) is 7. The monoisotopic (exact) mass is 718 g/mol. The molecule has 2 aromatic carbocycles. The van der Waals surface area contributed by atoms with Crippen LogP contribution in [0.3, 0.4) is 0 Å². The van der Waals surface area contributed by atoms with E-state index in [4.69, 9.17) is 23.2 Å². The summed E-state index contributed by atoms with van der Waals surface area (Å²) in [5.41, 5.74) is 1.85. The number of halogens is 2. The van der Waals surface area contributed by atoms with Crippen molar-refractivity contribution in [3.05, 3.63) is 75.5 Å². The Balaban J connectivity index is 1.57. The Morgan fingerprint density at radius 2 is 1.47 bits per heavy atom. The first kappa shape index (κ1) is 35.6. The lowest BCUT2D eigenvalue weighted by Crippen LogP contribution is -2.43. The van der Waals surface area contributed by atoms with Crippen molar-refractivity contribution < 1.29 is 30.0 Å². The Hall–Kier alpha value is -2.30. The molecular weight excluding hydrogens is 683 g/mol. The SMILES string of the molecule is C=CS(=O)(=O)NC[C@H]1CCN(C(=O)c2cc(-c3cc(Cl)cc(S(=O)(=O)N4CCC[C@H](CNS(=O)(=O)C=C)C4)c3)cc(Cl)c2C)C1. The highest BCUT2D eigenvalue weighted by Crippen LogP contribution is 2.34. The standard InChI is InChI=1S/C29H36Cl2N4O7S3/c1-4-43(37,38)32-16-21-7-6-9-35(19-21)45(41,42)26-12-23(11-25(30)15-26)24-13-27(20(3)28(31)14-24)29(36)34-10-8-22(18-34)17-33-44(39,40)5-2/h4-5,11-15,21-22,32-33H,1-2,6-10,16-19H2,3H3/t21-,22-/m1/s1. The van der Waals surface area contributed by atoms with E-state index in [1.54, 1.807) is 30.0 Å². The van der Waals surface area contributed by atoms with Crippen LogP contribution in [0, 0.1) is 18.8 Å². The molecular formula is C29H36Cl2N4O7S3. The minimum atomic E-state index is -4.00. The Morgan fingerprint density at radius 1 is 0.867 bits per heavy atom. The molecule has 2 saturated heterocycles. The Bertz CT molecular complexity index is 1820. The fourth-order valence-corrected chi connectivity index (χ4v) is 8.76. The van der Waals surface area contributed by atoms with Crippen LogP contribution >= 0.6 is 23.2 Å². The number of sulfonamides is 3. The summed E-state index contributed by atoms with van der Waals surface area (Å²) in [6.45, 7) is 9.74. The van der Waals surface area contributed by atoms with Crippen molar-refractivity contribution in [2.75, 3.05) is 39.3 Å². The number of nitrogens with one attached hydrogen (secondary N) is 2. The number of rotatable bonds is 12.